The minimum Gasteiger partial charge on any atom is -0.480 e. The molecule has 1 aliphatic heterocycles. The van der Waals surface area contributed by atoms with Gasteiger partial charge in [0.1, 0.15) is 6.04 Å². The highest BCUT2D eigenvalue weighted by molar-refractivity contribution is 5.83. The second-order valence-electron chi connectivity index (χ2n) is 6.51. The Balaban J connectivity index is 2.67. The third-order valence-corrected chi connectivity index (χ3v) is 4.23. The van der Waals surface area contributed by atoms with Gasteiger partial charge in [-0.05, 0) is 37.5 Å². The van der Waals surface area contributed by atoms with Crippen LogP contribution in [0.5, 0.6) is 0 Å². The zero-order valence-corrected chi connectivity index (χ0v) is 13.3. The van der Waals surface area contributed by atoms with E-state index in [1.165, 1.54) is 4.90 Å². The van der Waals surface area contributed by atoms with Gasteiger partial charge in [-0.3, -0.25) is 0 Å². The lowest BCUT2D eigenvalue weighted by molar-refractivity contribution is -0.148. The number of hydrogen-bond donors (Lipinski definition) is 2. The molecular formula is C15H28N2O4. The van der Waals surface area contributed by atoms with Crippen molar-refractivity contribution in [3.63, 3.8) is 0 Å². The number of carboxylic acid groups (broad SMARTS) is 1. The number of hydrogen-bond acceptors (Lipinski definition) is 3. The van der Waals surface area contributed by atoms with E-state index >= 15 is 0 Å². The second kappa shape index (κ2) is 7.64. The molecule has 0 aliphatic carbocycles. The lowest BCUT2D eigenvalue weighted by Crippen LogP contribution is -2.58. The minimum absolute atomic E-state index is 0.166. The van der Waals surface area contributed by atoms with Crippen molar-refractivity contribution in [1.29, 1.82) is 0 Å². The van der Waals surface area contributed by atoms with Crippen LogP contribution in [-0.4, -0.2) is 64.8 Å². The minimum atomic E-state index is -0.929. The normalized spacial score (nSPS) is 21.1. The van der Waals surface area contributed by atoms with E-state index in [1.54, 1.807) is 11.9 Å². The molecule has 6 heteroatoms. The Hall–Kier alpha value is -1.30. The van der Waals surface area contributed by atoms with E-state index in [9.17, 15) is 14.7 Å². The van der Waals surface area contributed by atoms with Gasteiger partial charge in [-0.1, -0.05) is 13.8 Å². The van der Waals surface area contributed by atoms with Crippen LogP contribution < -0.4 is 0 Å². The molecule has 0 spiro atoms. The molecule has 1 fully saturated rings. The zero-order chi connectivity index (χ0) is 16.0. The maximum Gasteiger partial charge on any atom is 0.327 e. The summed E-state index contributed by atoms with van der Waals surface area (Å²) in [6.45, 7) is 5.07. The Labute approximate surface area is 126 Å². The van der Waals surface area contributed by atoms with Crippen molar-refractivity contribution in [1.82, 2.24) is 9.80 Å². The zero-order valence-electron chi connectivity index (χ0n) is 13.3. The number of rotatable bonds is 6. The van der Waals surface area contributed by atoms with Crippen molar-refractivity contribution in [2.24, 2.45) is 5.41 Å². The average Bonchev–Trinajstić information content (AvgIpc) is 2.40. The summed E-state index contributed by atoms with van der Waals surface area (Å²) in [5.74, 6) is -0.929. The van der Waals surface area contributed by atoms with E-state index < -0.39 is 17.4 Å². The van der Waals surface area contributed by atoms with Crippen molar-refractivity contribution >= 4 is 12.0 Å². The number of urea groups is 1. The molecule has 1 atom stereocenters. The molecule has 2 amide bonds. The smallest absolute Gasteiger partial charge is 0.327 e. The molecular weight excluding hydrogens is 272 g/mol. The fraction of sp³-hybridized carbons (Fsp3) is 0.867. The third kappa shape index (κ3) is 4.59. The quantitative estimate of drug-likeness (QED) is 0.733. The lowest BCUT2D eigenvalue weighted by Gasteiger charge is -2.45. The molecule has 2 N–H and O–H groups in total. The largest absolute Gasteiger partial charge is 0.480 e. The fourth-order valence-corrected chi connectivity index (χ4v) is 3.02. The van der Waals surface area contributed by atoms with Crippen LogP contribution in [-0.2, 0) is 4.79 Å². The summed E-state index contributed by atoms with van der Waals surface area (Å²) in [6.07, 6.45) is 4.06. The third-order valence-electron chi connectivity index (χ3n) is 4.23. The van der Waals surface area contributed by atoms with Gasteiger partial charge in [0.2, 0.25) is 0 Å². The molecule has 1 rings (SSSR count). The van der Waals surface area contributed by atoms with Crippen LogP contribution >= 0.6 is 0 Å². The van der Waals surface area contributed by atoms with Gasteiger partial charge in [-0.25, -0.2) is 9.59 Å². The number of piperidine rings is 1. The Morgan fingerprint density at radius 1 is 1.29 bits per heavy atom. The summed E-state index contributed by atoms with van der Waals surface area (Å²) in [5, 5.41) is 18.2. The second-order valence-corrected chi connectivity index (χ2v) is 6.51. The Kier molecular flexibility index (Phi) is 6.45. The topological polar surface area (TPSA) is 81.1 Å². The summed E-state index contributed by atoms with van der Waals surface area (Å²) in [7, 11) is 1.71. The van der Waals surface area contributed by atoms with Gasteiger partial charge in [0.15, 0.2) is 0 Å². The van der Waals surface area contributed by atoms with Crippen LogP contribution in [0.15, 0.2) is 0 Å². The van der Waals surface area contributed by atoms with E-state index in [1.807, 2.05) is 13.8 Å². The van der Waals surface area contributed by atoms with Crippen LogP contribution in [0.3, 0.4) is 0 Å². The Morgan fingerprint density at radius 3 is 2.52 bits per heavy atom. The van der Waals surface area contributed by atoms with Crippen molar-refractivity contribution in [3.8, 4) is 0 Å². The highest BCUT2D eigenvalue weighted by Crippen LogP contribution is 2.35. The molecule has 0 bridgehead atoms. The average molecular weight is 300 g/mol. The van der Waals surface area contributed by atoms with Crippen molar-refractivity contribution in [2.45, 2.75) is 52.0 Å². The van der Waals surface area contributed by atoms with E-state index in [2.05, 4.69) is 0 Å². The maximum atomic E-state index is 12.5. The van der Waals surface area contributed by atoms with E-state index in [0.717, 1.165) is 32.1 Å². The van der Waals surface area contributed by atoms with Gasteiger partial charge in [-0.15, -0.1) is 0 Å². The number of aliphatic hydroxyl groups is 1. The van der Waals surface area contributed by atoms with Gasteiger partial charge in [0, 0.05) is 26.7 Å². The van der Waals surface area contributed by atoms with Crippen LogP contribution in [0.25, 0.3) is 0 Å². The first-order chi connectivity index (χ1) is 9.81. The van der Waals surface area contributed by atoms with Gasteiger partial charge in [-0.2, -0.15) is 0 Å². The first-order valence-electron chi connectivity index (χ1n) is 7.66. The maximum absolute atomic E-state index is 12.5. The molecule has 122 valence electrons. The van der Waals surface area contributed by atoms with Crippen molar-refractivity contribution in [3.05, 3.63) is 0 Å². The van der Waals surface area contributed by atoms with Gasteiger partial charge in [0.25, 0.3) is 0 Å². The summed E-state index contributed by atoms with van der Waals surface area (Å²) >= 11 is 0. The number of amides is 2. The first kappa shape index (κ1) is 17.8. The molecule has 1 saturated heterocycles. The number of carboxylic acids is 1. The summed E-state index contributed by atoms with van der Waals surface area (Å²) in [5.41, 5.74) is -0.405. The SMILES string of the molecule is CN(CCCCCO)C(=O)N1CCCC(C)(C)C1C(=O)O. The number of aliphatic carboxylic acids is 1. The van der Waals surface area contributed by atoms with Crippen LogP contribution in [0.2, 0.25) is 0 Å². The predicted molar refractivity (Wildman–Crippen MR) is 80.1 cm³/mol. The molecule has 0 aromatic carbocycles. The monoisotopic (exact) mass is 300 g/mol. The molecule has 6 nitrogen and oxygen atoms in total. The lowest BCUT2D eigenvalue weighted by atomic mass is 9.76. The van der Waals surface area contributed by atoms with Crippen molar-refractivity contribution in [2.75, 3.05) is 26.7 Å². The van der Waals surface area contributed by atoms with Gasteiger partial charge in [0.05, 0.1) is 0 Å². The Morgan fingerprint density at radius 2 is 1.95 bits per heavy atom. The predicted octanol–water partition coefficient (Wildman–Crippen LogP) is 1.78. The van der Waals surface area contributed by atoms with E-state index in [4.69, 9.17) is 5.11 Å². The van der Waals surface area contributed by atoms with Crippen LogP contribution in [0, 0.1) is 5.41 Å². The number of unbranched alkanes of at least 4 members (excludes halogenated alkanes) is 2. The molecule has 0 aromatic heterocycles. The highest BCUT2D eigenvalue weighted by Gasteiger charge is 2.45. The van der Waals surface area contributed by atoms with E-state index in [0.29, 0.717) is 13.1 Å². The molecule has 1 heterocycles. The van der Waals surface area contributed by atoms with Gasteiger partial charge < -0.3 is 20.0 Å². The number of aliphatic hydroxyl groups excluding tert-OH is 1. The fourth-order valence-electron chi connectivity index (χ4n) is 3.02. The van der Waals surface area contributed by atoms with Crippen LogP contribution in [0.1, 0.15) is 46.0 Å². The summed E-state index contributed by atoms with van der Waals surface area (Å²) < 4.78 is 0. The number of likely N-dealkylation sites (tertiary alicyclic amines) is 1. The molecule has 1 unspecified atom stereocenters. The molecule has 21 heavy (non-hydrogen) atoms. The highest BCUT2D eigenvalue weighted by atomic mass is 16.4. The summed E-state index contributed by atoms with van der Waals surface area (Å²) in [4.78, 5) is 27.2. The Bertz CT molecular complexity index is 371. The first-order valence-corrected chi connectivity index (χ1v) is 7.66. The van der Waals surface area contributed by atoms with Crippen LogP contribution in [0.4, 0.5) is 4.79 Å². The molecule has 0 radical (unpaired) electrons. The summed E-state index contributed by atoms with van der Waals surface area (Å²) in [6, 6.07) is -0.974. The molecule has 0 saturated carbocycles. The van der Waals surface area contributed by atoms with Gasteiger partial charge >= 0.3 is 12.0 Å². The number of nitrogens with zero attached hydrogens (tertiary/aromatic N) is 2. The van der Waals surface area contributed by atoms with E-state index in [-0.39, 0.29) is 12.6 Å². The molecule has 0 aromatic rings. The van der Waals surface area contributed by atoms with Crippen molar-refractivity contribution < 1.29 is 19.8 Å². The number of carbonyl (C=O) groups is 2. The standard InChI is InChI=1S/C15H28N2O4/c1-15(2)8-7-10-17(12(15)13(19)20)14(21)16(3)9-5-4-6-11-18/h12,18H,4-11H2,1-3H3,(H,19,20). The molecule has 1 aliphatic rings. The number of carbonyl (C=O) groups excluding carboxylic acids is 1.